The van der Waals surface area contributed by atoms with E-state index < -0.39 is 0 Å². The third kappa shape index (κ3) is 9.07. The fourth-order valence-electron chi connectivity index (χ4n) is 1.70. The van der Waals surface area contributed by atoms with Gasteiger partial charge in [-0.1, -0.05) is 33.3 Å². The molecule has 3 N–H and O–H groups in total. The number of ether oxygens (including phenoxy) is 1. The molecule has 0 radical (unpaired) electrons. The van der Waals surface area contributed by atoms with Crippen molar-refractivity contribution in [1.82, 2.24) is 10.3 Å². The molecule has 0 unspecified atom stereocenters. The van der Waals surface area contributed by atoms with Gasteiger partial charge in [0.25, 0.3) is 0 Å². The zero-order chi connectivity index (χ0) is 15.5. The number of guanidine groups is 1. The van der Waals surface area contributed by atoms with Crippen molar-refractivity contribution in [2.75, 3.05) is 13.2 Å². The lowest BCUT2D eigenvalue weighted by molar-refractivity contribution is 0.294. The zero-order valence-electron chi connectivity index (χ0n) is 13.8. The minimum Gasteiger partial charge on any atom is -0.477 e. The Balaban J connectivity index is 0.00000441. The first kappa shape index (κ1) is 20.9. The Kier molecular flexibility index (Phi) is 11.9. The fraction of sp³-hybridized carbons (Fsp3) is 0.625. The summed E-state index contributed by atoms with van der Waals surface area (Å²) < 4.78 is 5.68. The maximum Gasteiger partial charge on any atom is 0.218 e. The highest BCUT2D eigenvalue weighted by molar-refractivity contribution is 14.0. The molecule has 0 bridgehead atoms. The predicted molar refractivity (Wildman–Crippen MR) is 103 cm³/mol. The Bertz CT molecular complexity index is 438. The van der Waals surface area contributed by atoms with E-state index in [0.717, 1.165) is 31.4 Å². The first-order valence-corrected chi connectivity index (χ1v) is 7.74. The van der Waals surface area contributed by atoms with E-state index in [2.05, 4.69) is 36.1 Å². The Morgan fingerprint density at radius 2 is 2.23 bits per heavy atom. The summed E-state index contributed by atoms with van der Waals surface area (Å²) in [5.41, 5.74) is 6.82. The molecule has 1 aromatic heterocycles. The van der Waals surface area contributed by atoms with Gasteiger partial charge in [0.1, 0.15) is 0 Å². The minimum absolute atomic E-state index is 0. The van der Waals surface area contributed by atoms with Gasteiger partial charge in [-0.3, -0.25) is 0 Å². The maximum absolute atomic E-state index is 5.86. The number of aromatic nitrogens is 1. The van der Waals surface area contributed by atoms with E-state index in [-0.39, 0.29) is 24.0 Å². The van der Waals surface area contributed by atoms with E-state index in [1.165, 1.54) is 0 Å². The van der Waals surface area contributed by atoms with Gasteiger partial charge in [0.15, 0.2) is 5.96 Å². The largest absolute Gasteiger partial charge is 0.477 e. The van der Waals surface area contributed by atoms with Crippen molar-refractivity contribution in [2.45, 2.75) is 46.6 Å². The molecule has 0 spiro atoms. The number of nitrogens with two attached hydrogens (primary N) is 1. The molecule has 22 heavy (non-hydrogen) atoms. The van der Waals surface area contributed by atoms with Crippen molar-refractivity contribution >= 4 is 29.9 Å². The summed E-state index contributed by atoms with van der Waals surface area (Å²) in [6, 6.07) is 3.86. The van der Waals surface area contributed by atoms with Crippen LogP contribution in [0.5, 0.6) is 5.88 Å². The molecule has 1 rings (SSSR count). The van der Waals surface area contributed by atoms with E-state index in [4.69, 9.17) is 10.5 Å². The molecule has 1 aromatic rings. The summed E-state index contributed by atoms with van der Waals surface area (Å²) in [6.45, 7) is 8.52. The lowest BCUT2D eigenvalue weighted by Crippen LogP contribution is -2.32. The number of pyridine rings is 1. The van der Waals surface area contributed by atoms with Crippen LogP contribution in [0.1, 0.15) is 45.6 Å². The van der Waals surface area contributed by atoms with Crippen LogP contribution >= 0.6 is 24.0 Å². The fourth-order valence-corrected chi connectivity index (χ4v) is 1.70. The molecule has 0 aliphatic heterocycles. The molecule has 6 heteroatoms. The van der Waals surface area contributed by atoms with Gasteiger partial charge in [0.05, 0.1) is 13.2 Å². The molecule has 5 nitrogen and oxygen atoms in total. The highest BCUT2D eigenvalue weighted by atomic mass is 127. The maximum atomic E-state index is 5.86. The normalized spacial score (nSPS) is 11.2. The topological polar surface area (TPSA) is 72.5 Å². The number of nitrogens with zero attached hydrogens (tertiary/aromatic N) is 2. The van der Waals surface area contributed by atoms with Crippen molar-refractivity contribution in [1.29, 1.82) is 0 Å². The van der Waals surface area contributed by atoms with Gasteiger partial charge in [-0.15, -0.1) is 24.0 Å². The third-order valence-electron chi connectivity index (χ3n) is 3.03. The van der Waals surface area contributed by atoms with Crippen LogP contribution in [-0.2, 0) is 6.54 Å². The van der Waals surface area contributed by atoms with Crippen molar-refractivity contribution in [3.63, 3.8) is 0 Å². The number of unbranched alkanes of at least 4 members (excludes halogenated alkanes) is 1. The number of rotatable bonds is 9. The highest BCUT2D eigenvalue weighted by Gasteiger charge is 2.04. The van der Waals surface area contributed by atoms with E-state index in [9.17, 15) is 0 Å². The summed E-state index contributed by atoms with van der Waals surface area (Å²) in [5, 5.41) is 3.12. The molecule has 0 atom stereocenters. The monoisotopic (exact) mass is 420 g/mol. The van der Waals surface area contributed by atoms with E-state index in [1.807, 2.05) is 12.1 Å². The number of nitrogens with one attached hydrogen (secondary N) is 1. The van der Waals surface area contributed by atoms with Gasteiger partial charge in [-0.05, 0) is 24.8 Å². The third-order valence-corrected chi connectivity index (χ3v) is 3.03. The average molecular weight is 420 g/mol. The second-order valence-corrected chi connectivity index (χ2v) is 5.48. The van der Waals surface area contributed by atoms with Gasteiger partial charge >= 0.3 is 0 Å². The Morgan fingerprint density at radius 3 is 2.91 bits per heavy atom. The van der Waals surface area contributed by atoms with Crippen LogP contribution in [0.3, 0.4) is 0 Å². The molecule has 0 aliphatic carbocycles. The van der Waals surface area contributed by atoms with E-state index >= 15 is 0 Å². The second-order valence-electron chi connectivity index (χ2n) is 5.48. The minimum atomic E-state index is 0. The molecule has 1 heterocycles. The number of hydrogen-bond donors (Lipinski definition) is 2. The predicted octanol–water partition coefficient (Wildman–Crippen LogP) is 3.33. The molecule has 0 amide bonds. The summed E-state index contributed by atoms with van der Waals surface area (Å²) in [5.74, 6) is 1.78. The van der Waals surface area contributed by atoms with Gasteiger partial charge in [0.2, 0.25) is 5.88 Å². The van der Waals surface area contributed by atoms with Crippen LogP contribution < -0.4 is 15.8 Å². The molecule has 0 saturated carbocycles. The second kappa shape index (κ2) is 12.5. The van der Waals surface area contributed by atoms with Gasteiger partial charge < -0.3 is 15.8 Å². The number of hydrogen-bond acceptors (Lipinski definition) is 3. The van der Waals surface area contributed by atoms with Crippen molar-refractivity contribution < 1.29 is 4.74 Å². The Hall–Kier alpha value is -1.05. The smallest absolute Gasteiger partial charge is 0.218 e. The van der Waals surface area contributed by atoms with Crippen molar-refractivity contribution in [3.8, 4) is 5.88 Å². The van der Waals surface area contributed by atoms with Crippen LogP contribution in [0.15, 0.2) is 23.3 Å². The van der Waals surface area contributed by atoms with E-state index in [0.29, 0.717) is 30.9 Å². The SMILES string of the molecule is CCCCOc1ncccc1CN=C(N)NCCC(C)C.I. The molecule has 0 aromatic carbocycles. The van der Waals surface area contributed by atoms with Crippen molar-refractivity contribution in [2.24, 2.45) is 16.6 Å². The van der Waals surface area contributed by atoms with Crippen LogP contribution in [-0.4, -0.2) is 24.1 Å². The van der Waals surface area contributed by atoms with Gasteiger partial charge in [-0.25, -0.2) is 9.98 Å². The number of halogens is 1. The standard InChI is InChI=1S/C16H28N4O.HI/c1-4-5-11-21-15-14(7-6-9-18-15)12-20-16(17)19-10-8-13(2)3;/h6-7,9,13H,4-5,8,10-12H2,1-3H3,(H3,17,19,20);1H. The van der Waals surface area contributed by atoms with Crippen LogP contribution in [0, 0.1) is 5.92 Å². The quantitative estimate of drug-likeness (QED) is 0.278. The molecule has 126 valence electrons. The first-order valence-electron chi connectivity index (χ1n) is 7.74. The summed E-state index contributed by atoms with van der Waals surface area (Å²) in [7, 11) is 0. The molecule has 0 saturated heterocycles. The lowest BCUT2D eigenvalue weighted by Gasteiger charge is -2.10. The van der Waals surface area contributed by atoms with Gasteiger partial charge in [-0.2, -0.15) is 0 Å². The summed E-state index contributed by atoms with van der Waals surface area (Å²) >= 11 is 0. The van der Waals surface area contributed by atoms with Gasteiger partial charge in [0, 0.05) is 18.3 Å². The Labute approximate surface area is 151 Å². The van der Waals surface area contributed by atoms with E-state index in [1.54, 1.807) is 6.20 Å². The van der Waals surface area contributed by atoms with Crippen molar-refractivity contribution in [3.05, 3.63) is 23.9 Å². The molecule has 0 aliphatic rings. The summed E-state index contributed by atoms with van der Waals surface area (Å²) in [4.78, 5) is 8.60. The lowest BCUT2D eigenvalue weighted by atomic mass is 10.1. The highest BCUT2D eigenvalue weighted by Crippen LogP contribution is 2.15. The zero-order valence-corrected chi connectivity index (χ0v) is 16.2. The van der Waals surface area contributed by atoms with Crippen LogP contribution in [0.2, 0.25) is 0 Å². The Morgan fingerprint density at radius 1 is 1.45 bits per heavy atom. The van der Waals surface area contributed by atoms with Crippen LogP contribution in [0.25, 0.3) is 0 Å². The molecular weight excluding hydrogens is 391 g/mol. The summed E-state index contributed by atoms with van der Waals surface area (Å²) in [6.07, 6.45) is 4.94. The molecule has 0 fully saturated rings. The van der Waals surface area contributed by atoms with Crippen LogP contribution in [0.4, 0.5) is 0 Å². The first-order chi connectivity index (χ1) is 10.1. The molecular formula is C16H29IN4O. The number of aliphatic imine (C=N–C) groups is 1. The average Bonchev–Trinajstić information content (AvgIpc) is 2.46.